The van der Waals surface area contributed by atoms with Crippen molar-refractivity contribution in [1.29, 1.82) is 0 Å². The third-order valence-corrected chi connectivity index (χ3v) is 2.89. The maximum Gasteiger partial charge on any atom is 0.309 e. The fraction of sp³-hybridized carbons (Fsp3) is 0.917. The molecule has 4 nitrogen and oxygen atoms in total. The molecule has 0 bridgehead atoms. The first-order valence-electron chi connectivity index (χ1n) is 5.84. The lowest BCUT2D eigenvalue weighted by Crippen LogP contribution is -2.44. The molecular formula is C12H23NO3. The van der Waals surface area contributed by atoms with Crippen LogP contribution in [0.15, 0.2) is 0 Å². The van der Waals surface area contributed by atoms with Crippen LogP contribution >= 0.6 is 0 Å². The Labute approximate surface area is 97.5 Å². The van der Waals surface area contributed by atoms with Crippen LogP contribution in [0, 0.1) is 5.92 Å². The Balaban J connectivity index is 2.52. The van der Waals surface area contributed by atoms with Gasteiger partial charge in [0.2, 0.25) is 0 Å². The van der Waals surface area contributed by atoms with Gasteiger partial charge in [0, 0.05) is 13.2 Å². The van der Waals surface area contributed by atoms with Gasteiger partial charge in [0.15, 0.2) is 0 Å². The van der Waals surface area contributed by atoms with Crippen molar-refractivity contribution < 1.29 is 14.3 Å². The summed E-state index contributed by atoms with van der Waals surface area (Å²) in [6, 6.07) is 0.0451. The van der Waals surface area contributed by atoms with Gasteiger partial charge in [-0.1, -0.05) is 0 Å². The number of methoxy groups -OCH3 is 1. The predicted octanol–water partition coefficient (Wildman–Crippen LogP) is 1.47. The molecule has 3 atom stereocenters. The first kappa shape index (κ1) is 13.5. The van der Waals surface area contributed by atoms with Gasteiger partial charge in [-0.15, -0.1) is 0 Å². The molecule has 1 rings (SSSR count). The SMILES string of the molecule is CO[C@H]1CC(C(=O)OC(C)(C)C)CC[C@@H]1N. The summed E-state index contributed by atoms with van der Waals surface area (Å²) in [5.41, 5.74) is 5.48. The molecule has 1 saturated carbocycles. The summed E-state index contributed by atoms with van der Waals surface area (Å²) in [5.74, 6) is -0.189. The van der Waals surface area contributed by atoms with E-state index in [0.29, 0.717) is 6.42 Å². The van der Waals surface area contributed by atoms with Crippen LogP contribution in [0.4, 0.5) is 0 Å². The minimum atomic E-state index is -0.417. The molecule has 16 heavy (non-hydrogen) atoms. The van der Waals surface area contributed by atoms with Crippen LogP contribution < -0.4 is 5.73 Å². The van der Waals surface area contributed by atoms with E-state index in [2.05, 4.69) is 0 Å². The van der Waals surface area contributed by atoms with Gasteiger partial charge >= 0.3 is 5.97 Å². The number of nitrogens with two attached hydrogens (primary N) is 1. The summed E-state index contributed by atoms with van der Waals surface area (Å²) in [4.78, 5) is 11.9. The smallest absolute Gasteiger partial charge is 0.309 e. The van der Waals surface area contributed by atoms with Crippen LogP contribution in [-0.4, -0.2) is 30.8 Å². The van der Waals surface area contributed by atoms with Gasteiger partial charge in [-0.3, -0.25) is 4.79 Å². The molecular weight excluding hydrogens is 206 g/mol. The van der Waals surface area contributed by atoms with Crippen molar-refractivity contribution in [1.82, 2.24) is 0 Å². The van der Waals surface area contributed by atoms with Gasteiger partial charge in [0.25, 0.3) is 0 Å². The molecule has 0 aromatic carbocycles. The highest BCUT2D eigenvalue weighted by Crippen LogP contribution is 2.27. The summed E-state index contributed by atoms with van der Waals surface area (Å²) in [6.07, 6.45) is 2.27. The fourth-order valence-corrected chi connectivity index (χ4v) is 2.02. The molecule has 0 aliphatic heterocycles. The number of rotatable bonds is 2. The topological polar surface area (TPSA) is 61.5 Å². The molecule has 0 aromatic rings. The molecule has 1 aliphatic rings. The van der Waals surface area contributed by atoms with Crippen LogP contribution in [0.2, 0.25) is 0 Å². The Bertz CT molecular complexity index is 247. The third kappa shape index (κ3) is 3.76. The van der Waals surface area contributed by atoms with E-state index in [0.717, 1.165) is 12.8 Å². The summed E-state index contributed by atoms with van der Waals surface area (Å²) in [5, 5.41) is 0. The third-order valence-electron chi connectivity index (χ3n) is 2.89. The van der Waals surface area contributed by atoms with Crippen LogP contribution in [0.5, 0.6) is 0 Å². The molecule has 0 radical (unpaired) electrons. The molecule has 94 valence electrons. The molecule has 0 saturated heterocycles. The van der Waals surface area contributed by atoms with E-state index in [9.17, 15) is 4.79 Å². The maximum atomic E-state index is 11.9. The van der Waals surface area contributed by atoms with Crippen LogP contribution in [0.1, 0.15) is 40.0 Å². The van der Waals surface area contributed by atoms with E-state index in [1.807, 2.05) is 20.8 Å². The first-order valence-corrected chi connectivity index (χ1v) is 5.84. The summed E-state index contributed by atoms with van der Waals surface area (Å²) >= 11 is 0. The van der Waals surface area contributed by atoms with Gasteiger partial charge in [0.05, 0.1) is 12.0 Å². The molecule has 4 heteroatoms. The lowest BCUT2D eigenvalue weighted by atomic mass is 9.84. The first-order chi connectivity index (χ1) is 7.33. The molecule has 0 heterocycles. The van der Waals surface area contributed by atoms with E-state index < -0.39 is 5.60 Å². The largest absolute Gasteiger partial charge is 0.460 e. The zero-order valence-corrected chi connectivity index (χ0v) is 10.7. The highest BCUT2D eigenvalue weighted by atomic mass is 16.6. The van der Waals surface area contributed by atoms with Crippen molar-refractivity contribution in [2.24, 2.45) is 11.7 Å². The quantitative estimate of drug-likeness (QED) is 0.728. The van der Waals surface area contributed by atoms with Crippen molar-refractivity contribution in [3.63, 3.8) is 0 Å². The average Bonchev–Trinajstić information content (AvgIpc) is 2.15. The molecule has 0 spiro atoms. The van der Waals surface area contributed by atoms with Crippen molar-refractivity contribution in [3.05, 3.63) is 0 Å². The number of carbonyl (C=O) groups excluding carboxylic acids is 1. The van der Waals surface area contributed by atoms with Crippen LogP contribution in [0.3, 0.4) is 0 Å². The number of esters is 1. The summed E-state index contributed by atoms with van der Waals surface area (Å²) in [7, 11) is 1.64. The van der Waals surface area contributed by atoms with Gasteiger partial charge in [-0.25, -0.2) is 0 Å². The molecule has 0 amide bonds. The molecule has 1 unspecified atom stereocenters. The molecule has 1 fully saturated rings. The van der Waals surface area contributed by atoms with Crippen molar-refractivity contribution in [3.8, 4) is 0 Å². The molecule has 1 aliphatic carbocycles. The van der Waals surface area contributed by atoms with Crippen LogP contribution in [-0.2, 0) is 14.3 Å². The lowest BCUT2D eigenvalue weighted by Gasteiger charge is -2.33. The second-order valence-electron chi connectivity index (χ2n) is 5.48. The highest BCUT2D eigenvalue weighted by Gasteiger charge is 2.34. The van der Waals surface area contributed by atoms with Crippen molar-refractivity contribution >= 4 is 5.97 Å². The predicted molar refractivity (Wildman–Crippen MR) is 62.0 cm³/mol. The number of ether oxygens (including phenoxy) is 2. The second-order valence-corrected chi connectivity index (χ2v) is 5.48. The van der Waals surface area contributed by atoms with E-state index in [1.54, 1.807) is 7.11 Å². The standard InChI is InChI=1S/C12H23NO3/c1-12(2,3)16-11(14)8-5-6-9(13)10(7-8)15-4/h8-10H,5-7,13H2,1-4H3/t8?,9-,10-/m0/s1. The highest BCUT2D eigenvalue weighted by molar-refractivity contribution is 5.73. The zero-order chi connectivity index (χ0) is 12.3. The normalized spacial score (nSPS) is 31.2. The van der Waals surface area contributed by atoms with E-state index in [-0.39, 0.29) is 24.0 Å². The average molecular weight is 229 g/mol. The lowest BCUT2D eigenvalue weighted by molar-refractivity contribution is -0.163. The Hall–Kier alpha value is -0.610. The van der Waals surface area contributed by atoms with Gasteiger partial charge in [-0.05, 0) is 40.0 Å². The van der Waals surface area contributed by atoms with Gasteiger partial charge in [-0.2, -0.15) is 0 Å². The van der Waals surface area contributed by atoms with Crippen molar-refractivity contribution in [2.75, 3.05) is 7.11 Å². The summed E-state index contributed by atoms with van der Waals surface area (Å²) < 4.78 is 10.7. The Morgan fingerprint density at radius 1 is 1.31 bits per heavy atom. The number of hydrogen-bond acceptors (Lipinski definition) is 4. The van der Waals surface area contributed by atoms with Crippen LogP contribution in [0.25, 0.3) is 0 Å². The van der Waals surface area contributed by atoms with E-state index >= 15 is 0 Å². The Kier molecular flexibility index (Phi) is 4.33. The zero-order valence-electron chi connectivity index (χ0n) is 10.7. The minimum Gasteiger partial charge on any atom is -0.460 e. The minimum absolute atomic E-state index is 0.0220. The monoisotopic (exact) mass is 229 g/mol. The second kappa shape index (κ2) is 5.15. The van der Waals surface area contributed by atoms with E-state index in [1.165, 1.54) is 0 Å². The van der Waals surface area contributed by atoms with Gasteiger partial charge < -0.3 is 15.2 Å². The van der Waals surface area contributed by atoms with Crippen molar-refractivity contribution in [2.45, 2.75) is 57.8 Å². The summed E-state index contributed by atoms with van der Waals surface area (Å²) in [6.45, 7) is 5.65. The maximum absolute atomic E-state index is 11.9. The number of hydrogen-bond donors (Lipinski definition) is 1. The fourth-order valence-electron chi connectivity index (χ4n) is 2.02. The van der Waals surface area contributed by atoms with Gasteiger partial charge in [0.1, 0.15) is 5.60 Å². The molecule has 0 aromatic heterocycles. The Morgan fingerprint density at radius 2 is 1.94 bits per heavy atom. The number of carbonyl (C=O) groups is 1. The van der Waals surface area contributed by atoms with E-state index in [4.69, 9.17) is 15.2 Å². The molecule has 2 N–H and O–H groups in total. The Morgan fingerprint density at radius 3 is 2.44 bits per heavy atom.